The van der Waals surface area contributed by atoms with Crippen molar-refractivity contribution >= 4 is 12.1 Å². The average Bonchev–Trinajstić information content (AvgIpc) is 3.53. The van der Waals surface area contributed by atoms with Gasteiger partial charge in [-0.1, -0.05) is 63.8 Å². The molecule has 1 aliphatic rings. The Kier molecular flexibility index (Phi) is 9.51. The summed E-state index contributed by atoms with van der Waals surface area (Å²) >= 11 is 0. The van der Waals surface area contributed by atoms with E-state index in [1.807, 2.05) is 54.4 Å². The van der Waals surface area contributed by atoms with Crippen LogP contribution in [0.2, 0.25) is 0 Å². The van der Waals surface area contributed by atoms with Crippen LogP contribution < -0.4 is 0 Å². The maximum absolute atomic E-state index is 5.32. The number of methoxy groups -OCH3 is 1. The van der Waals surface area contributed by atoms with E-state index in [9.17, 15) is 0 Å². The largest absolute Gasteiger partial charge is 0.495 e. The van der Waals surface area contributed by atoms with Crippen LogP contribution in [0, 0.1) is 0 Å². The first kappa shape index (κ1) is 28.4. The van der Waals surface area contributed by atoms with Gasteiger partial charge in [0.2, 0.25) is 5.82 Å². The second-order valence-corrected chi connectivity index (χ2v) is 9.27. The molecule has 3 heterocycles. The fourth-order valence-corrected chi connectivity index (χ4v) is 4.54. The smallest absolute Gasteiger partial charge is 0.205 e. The molecule has 0 saturated heterocycles. The number of aromatic amines is 1. The van der Waals surface area contributed by atoms with Crippen LogP contribution in [0.25, 0.3) is 22.6 Å². The van der Waals surface area contributed by atoms with Crippen molar-refractivity contribution in [3.63, 3.8) is 0 Å². The minimum absolute atomic E-state index is 0.533. The zero-order chi connectivity index (χ0) is 28.5. The van der Waals surface area contributed by atoms with Gasteiger partial charge in [0.1, 0.15) is 17.4 Å². The maximum Gasteiger partial charge on any atom is 0.205 e. The average molecular weight is 537 g/mol. The number of tetrazole rings is 1. The van der Waals surface area contributed by atoms with Crippen molar-refractivity contribution in [2.75, 3.05) is 7.11 Å². The number of aromatic nitrogens is 5. The summed E-state index contributed by atoms with van der Waals surface area (Å²) in [7, 11) is 1.62. The predicted octanol–water partition coefficient (Wildman–Crippen LogP) is 6.65. The molecule has 0 radical (unpaired) electrons. The van der Waals surface area contributed by atoms with Gasteiger partial charge in [0.25, 0.3) is 0 Å². The van der Waals surface area contributed by atoms with Crippen molar-refractivity contribution < 1.29 is 4.74 Å². The first-order valence-corrected chi connectivity index (χ1v) is 13.5. The summed E-state index contributed by atoms with van der Waals surface area (Å²) in [6.45, 7) is 14.9. The van der Waals surface area contributed by atoms with Crippen molar-refractivity contribution in [2.24, 2.45) is 9.98 Å². The number of nitrogens with one attached hydrogen (secondary N) is 1. The Bertz CT molecular complexity index is 1460. The maximum atomic E-state index is 5.32. The van der Waals surface area contributed by atoms with Gasteiger partial charge in [-0.05, 0) is 42.7 Å². The lowest BCUT2D eigenvalue weighted by Gasteiger charge is -2.33. The molecule has 0 fully saturated rings. The van der Waals surface area contributed by atoms with Gasteiger partial charge in [-0.3, -0.25) is 9.88 Å². The molecule has 0 saturated carbocycles. The number of H-pyrrole nitrogens is 1. The van der Waals surface area contributed by atoms with Crippen LogP contribution in [0.4, 0.5) is 0 Å². The Hall–Kier alpha value is -4.66. The number of ether oxygens (including phenoxy) is 1. The number of rotatable bonds is 12. The number of hydrogen-bond donors (Lipinski definition) is 1. The Balaban J connectivity index is 1.64. The molecule has 0 aliphatic carbocycles. The van der Waals surface area contributed by atoms with Gasteiger partial charge in [0.05, 0.1) is 19.0 Å². The first-order chi connectivity index (χ1) is 19.5. The van der Waals surface area contributed by atoms with Crippen molar-refractivity contribution in [1.29, 1.82) is 0 Å². The van der Waals surface area contributed by atoms with Gasteiger partial charge >= 0.3 is 0 Å². The van der Waals surface area contributed by atoms with Crippen molar-refractivity contribution in [3.05, 3.63) is 95.9 Å². The van der Waals surface area contributed by atoms with Crippen molar-refractivity contribution in [3.8, 4) is 22.6 Å². The number of nitrogens with zero attached hydrogens (tertiary/aromatic N) is 7. The normalized spacial score (nSPS) is 14.2. The summed E-state index contributed by atoms with van der Waals surface area (Å²) in [5.74, 6) is 2.61. The summed E-state index contributed by atoms with van der Waals surface area (Å²) in [6, 6.07) is 12.0. The van der Waals surface area contributed by atoms with Gasteiger partial charge in [-0.15, -0.1) is 10.2 Å². The topological polar surface area (TPSA) is 105 Å². The van der Waals surface area contributed by atoms with Gasteiger partial charge in [-0.2, -0.15) is 5.21 Å². The minimum atomic E-state index is 0.533. The highest BCUT2D eigenvalue weighted by atomic mass is 16.5. The van der Waals surface area contributed by atoms with E-state index in [4.69, 9.17) is 14.7 Å². The summed E-state index contributed by atoms with van der Waals surface area (Å²) < 4.78 is 5.32. The molecule has 0 atom stereocenters. The molecule has 0 amide bonds. The van der Waals surface area contributed by atoms with Crippen molar-refractivity contribution in [1.82, 2.24) is 30.5 Å². The molecule has 9 heteroatoms. The third-order valence-electron chi connectivity index (χ3n) is 6.69. The molecule has 4 rings (SSSR count). The zero-order valence-electron chi connectivity index (χ0n) is 23.7. The Labute approximate surface area is 235 Å². The van der Waals surface area contributed by atoms with Crippen LogP contribution >= 0.6 is 0 Å². The molecular weight excluding hydrogens is 500 g/mol. The van der Waals surface area contributed by atoms with E-state index in [-0.39, 0.29) is 0 Å². The van der Waals surface area contributed by atoms with Gasteiger partial charge in [-0.25, -0.2) is 9.98 Å². The number of unbranched alkanes of at least 4 members (excludes halogenated alkanes) is 1. The Morgan fingerprint density at radius 2 is 1.95 bits per heavy atom. The van der Waals surface area contributed by atoms with E-state index >= 15 is 0 Å². The van der Waals surface area contributed by atoms with Crippen molar-refractivity contribution in [2.45, 2.75) is 52.9 Å². The monoisotopic (exact) mass is 536 g/mol. The molecule has 206 valence electrons. The number of allylic oxidation sites excluding steroid dienone is 4. The van der Waals surface area contributed by atoms with Crippen LogP contribution in [0.15, 0.2) is 100 Å². The molecule has 3 aromatic rings. The predicted molar refractivity (Wildman–Crippen MR) is 160 cm³/mol. The number of aliphatic imine (C=N–C) groups is 2. The summed E-state index contributed by atoms with van der Waals surface area (Å²) in [5, 5.41) is 14.5. The quantitative estimate of drug-likeness (QED) is 0.205. The molecule has 0 spiro atoms. The fraction of sp³-hybridized carbons (Fsp3) is 0.290. The highest BCUT2D eigenvalue weighted by Gasteiger charge is 2.27. The third kappa shape index (κ3) is 6.31. The van der Waals surface area contributed by atoms with E-state index in [2.05, 4.69) is 58.7 Å². The number of benzene rings is 1. The lowest BCUT2D eigenvalue weighted by molar-refractivity contribution is 0.316. The van der Waals surface area contributed by atoms with E-state index in [1.54, 1.807) is 13.3 Å². The lowest BCUT2D eigenvalue weighted by atomic mass is 9.96. The highest BCUT2D eigenvalue weighted by molar-refractivity contribution is 5.89. The van der Waals surface area contributed by atoms with Crippen LogP contribution in [-0.4, -0.2) is 49.7 Å². The Morgan fingerprint density at radius 1 is 1.15 bits per heavy atom. The zero-order valence-corrected chi connectivity index (χ0v) is 23.7. The Morgan fingerprint density at radius 3 is 2.58 bits per heavy atom. The molecule has 40 heavy (non-hydrogen) atoms. The van der Waals surface area contributed by atoms with Gasteiger partial charge < -0.3 is 4.74 Å². The molecule has 1 aromatic carbocycles. The number of hydrogen-bond acceptors (Lipinski definition) is 8. The van der Waals surface area contributed by atoms with Crippen LogP contribution in [-0.2, 0) is 11.2 Å². The van der Waals surface area contributed by atoms with Crippen LogP contribution in [0.1, 0.15) is 52.0 Å². The lowest BCUT2D eigenvalue weighted by Crippen LogP contribution is -2.32. The van der Waals surface area contributed by atoms with Gasteiger partial charge in [0.15, 0.2) is 0 Å². The van der Waals surface area contributed by atoms with Crippen LogP contribution in [0.3, 0.4) is 0 Å². The third-order valence-corrected chi connectivity index (χ3v) is 6.69. The summed E-state index contributed by atoms with van der Waals surface area (Å²) in [5.41, 5.74) is 6.68. The second kappa shape index (κ2) is 13.4. The first-order valence-electron chi connectivity index (χ1n) is 13.5. The standard InChI is InChI=1S/C31H36N8O/c1-7-10-15-29-27(21(4)39(30(9-3)34-29)22(5)32-20-24(8-2)40-6)18-23-16-17-28(33-19-23)25-13-11-12-14-26(25)31-35-37-38-36-31/h8,11-14,16-17,19-20H,4-5,7,9-10,15,18H2,1-3,6H3,(H,35,36,37,38)/b24-8+,32-20-. The van der Waals surface area contributed by atoms with E-state index in [0.29, 0.717) is 23.8 Å². The van der Waals surface area contributed by atoms with E-state index in [1.165, 1.54) is 0 Å². The minimum Gasteiger partial charge on any atom is -0.495 e. The summed E-state index contributed by atoms with van der Waals surface area (Å²) in [4.78, 5) is 16.4. The molecule has 1 aliphatic heterocycles. The highest BCUT2D eigenvalue weighted by Crippen LogP contribution is 2.34. The number of amidine groups is 1. The SMILES string of the molecule is C=C(/N=C\C(=C/C)OC)N1C(=C)C(Cc2ccc(-c3ccccc3-c3nn[nH]n3)nc2)=C(CCCC)N=C1CC. The van der Waals surface area contributed by atoms with E-state index in [0.717, 1.165) is 70.9 Å². The molecule has 9 nitrogen and oxygen atoms in total. The second-order valence-electron chi connectivity index (χ2n) is 9.27. The molecule has 0 bridgehead atoms. The fourth-order valence-electron chi connectivity index (χ4n) is 4.54. The van der Waals surface area contributed by atoms with Gasteiger partial charge in [0, 0.05) is 47.1 Å². The summed E-state index contributed by atoms with van der Waals surface area (Å²) in [6.07, 6.45) is 9.81. The van der Waals surface area contributed by atoms with Crippen LogP contribution in [0.5, 0.6) is 0 Å². The molecule has 1 N–H and O–H groups in total. The molecule has 0 unspecified atom stereocenters. The molecular formula is C31H36N8O. The number of pyridine rings is 1. The molecule has 2 aromatic heterocycles. The van der Waals surface area contributed by atoms with E-state index < -0.39 is 0 Å².